The fourth-order valence-electron chi connectivity index (χ4n) is 2.62. The zero-order valence-electron chi connectivity index (χ0n) is 22.3. The molecule has 4 aliphatic heterocycles. The van der Waals surface area contributed by atoms with E-state index in [1.807, 2.05) is 0 Å². The van der Waals surface area contributed by atoms with Crippen LogP contribution in [0.1, 0.15) is 0 Å². The number of methoxy groups -OCH3 is 4. The van der Waals surface area contributed by atoms with Gasteiger partial charge in [0.15, 0.2) is 24.2 Å². The van der Waals surface area contributed by atoms with E-state index in [9.17, 15) is 38.4 Å². The van der Waals surface area contributed by atoms with Gasteiger partial charge in [0.25, 0.3) is 0 Å². The number of rotatable bonds is 4. The van der Waals surface area contributed by atoms with E-state index in [-0.39, 0.29) is 65.4 Å². The second-order valence-electron chi connectivity index (χ2n) is 7.27. The predicted molar refractivity (Wildman–Crippen MR) is 121 cm³/mol. The first-order valence-electron chi connectivity index (χ1n) is 11.0. The molecule has 4 unspecified atom stereocenters. The third-order valence-corrected chi connectivity index (χ3v) is 4.64. The van der Waals surface area contributed by atoms with Gasteiger partial charge in [-0.25, -0.2) is 38.4 Å². The minimum Gasteiger partial charge on any atom is -0.467 e. The molecule has 0 aliphatic carbocycles. The molecule has 22 heteroatoms. The summed E-state index contributed by atoms with van der Waals surface area (Å²) >= 11 is 0. The Morgan fingerprint density at radius 3 is 0.738 bits per heavy atom. The van der Waals surface area contributed by atoms with Crippen LogP contribution in [0.15, 0.2) is 0 Å². The van der Waals surface area contributed by atoms with E-state index in [1.165, 1.54) is 28.4 Å². The molecule has 20 nitrogen and oxygen atoms in total. The van der Waals surface area contributed by atoms with E-state index in [0.717, 1.165) is 0 Å². The van der Waals surface area contributed by atoms with Crippen molar-refractivity contribution in [2.24, 2.45) is 0 Å². The Labute approximate surface area is 263 Å². The predicted octanol–water partition coefficient (Wildman–Crippen LogP) is -2.93. The van der Waals surface area contributed by atoms with Crippen LogP contribution in [0.2, 0.25) is 0 Å². The summed E-state index contributed by atoms with van der Waals surface area (Å²) in [4.78, 5) is 83.9. The molecule has 4 heterocycles. The van der Waals surface area contributed by atoms with Gasteiger partial charge >= 0.3 is 48.3 Å². The summed E-state index contributed by atoms with van der Waals surface area (Å²) in [5.74, 6) is -1.92. The van der Waals surface area contributed by atoms with Crippen LogP contribution < -0.4 is 21.3 Å². The van der Waals surface area contributed by atoms with Crippen molar-refractivity contribution in [3.8, 4) is 0 Å². The third kappa shape index (κ3) is 14.2. The number of carbonyl (C=O) groups excluding carboxylic acids is 8. The van der Waals surface area contributed by atoms with Crippen LogP contribution in [-0.4, -0.2) is 127 Å². The van der Waals surface area contributed by atoms with Crippen molar-refractivity contribution < 1.29 is 115 Å². The number of nitrogens with one attached hydrogen (secondary N) is 4. The van der Waals surface area contributed by atoms with Gasteiger partial charge in [-0.3, -0.25) is 0 Å². The number of amides is 4. The molecule has 0 saturated carbocycles. The number of hydrogen-bond donors (Lipinski definition) is 4. The summed E-state index contributed by atoms with van der Waals surface area (Å²) in [7, 11) is 5.03. The minimum atomic E-state index is -0.627. The number of hydrogen-bond acceptors (Lipinski definition) is 16. The Bertz CT molecular complexity index is 832. The standard InChI is InChI=1S/4C5H7NO4.2Rh/c4*1-9-4(7)3-2-10-5(8)6-3;;/h4*3H,2H2,1H3,(H,6,8);;. The molecule has 42 heavy (non-hydrogen) atoms. The normalized spacial score (nSPS) is 22.2. The van der Waals surface area contributed by atoms with Gasteiger partial charge in [-0.15, -0.1) is 0 Å². The van der Waals surface area contributed by atoms with Crippen molar-refractivity contribution in [1.29, 1.82) is 0 Å². The van der Waals surface area contributed by atoms with Gasteiger partial charge in [-0.05, 0) is 0 Å². The fourth-order valence-corrected chi connectivity index (χ4v) is 2.62. The first-order chi connectivity index (χ1) is 18.9. The summed E-state index contributed by atoms with van der Waals surface area (Å²) in [6.07, 6.45) is -2.29. The number of ether oxygens (including phenoxy) is 8. The van der Waals surface area contributed by atoms with Crippen molar-refractivity contribution >= 4 is 48.3 Å². The topological polar surface area (TPSA) is 259 Å². The molecular weight excluding hydrogens is 758 g/mol. The van der Waals surface area contributed by atoms with E-state index in [2.05, 4.69) is 59.2 Å². The van der Waals surface area contributed by atoms with Crippen LogP contribution in [0.3, 0.4) is 0 Å². The molecule has 4 N–H and O–H groups in total. The molecule has 0 spiro atoms. The number of esters is 4. The zero-order valence-corrected chi connectivity index (χ0v) is 25.6. The molecule has 4 aliphatic rings. The largest absolute Gasteiger partial charge is 0.467 e. The molecular formula is C20H28N4O16Rh2. The monoisotopic (exact) mass is 786 g/mol. The van der Waals surface area contributed by atoms with Crippen LogP contribution in [0, 0.1) is 0 Å². The van der Waals surface area contributed by atoms with Gasteiger partial charge in [0.05, 0.1) is 28.4 Å². The maximum atomic E-state index is 10.6. The average molecular weight is 786 g/mol. The molecule has 0 aromatic carbocycles. The van der Waals surface area contributed by atoms with Crippen LogP contribution in [0.25, 0.3) is 0 Å². The van der Waals surface area contributed by atoms with E-state index in [1.54, 1.807) is 0 Å². The first kappa shape index (κ1) is 40.3. The quantitative estimate of drug-likeness (QED) is 0.126. The van der Waals surface area contributed by atoms with Crippen LogP contribution in [0.5, 0.6) is 0 Å². The molecule has 0 aromatic rings. The Balaban J connectivity index is 0. The molecule has 2 radical (unpaired) electrons. The van der Waals surface area contributed by atoms with E-state index < -0.39 is 72.4 Å². The summed E-state index contributed by atoms with van der Waals surface area (Å²) in [5.41, 5.74) is 0. The van der Waals surface area contributed by atoms with Crippen LogP contribution >= 0.6 is 0 Å². The van der Waals surface area contributed by atoms with Crippen molar-refractivity contribution in [2.45, 2.75) is 24.2 Å². The summed E-state index contributed by atoms with van der Waals surface area (Å²) in [6.45, 7) is 0.244. The smallest absolute Gasteiger partial charge is 0.408 e. The molecule has 0 bridgehead atoms. The number of carbonyl (C=O) groups is 8. The van der Waals surface area contributed by atoms with Gasteiger partial charge in [-0.1, -0.05) is 0 Å². The molecule has 4 saturated heterocycles. The Morgan fingerprint density at radius 1 is 0.476 bits per heavy atom. The summed E-state index contributed by atoms with van der Waals surface area (Å²) in [6, 6.07) is -2.51. The number of cyclic esters (lactones) is 4. The Kier molecular flexibility index (Phi) is 20.2. The second kappa shape index (κ2) is 21.0. The summed E-state index contributed by atoms with van der Waals surface area (Å²) < 4.78 is 35.1. The molecule has 242 valence electrons. The van der Waals surface area contributed by atoms with Gasteiger partial charge in [0.1, 0.15) is 26.4 Å². The maximum Gasteiger partial charge on any atom is 0.408 e. The van der Waals surface area contributed by atoms with Gasteiger partial charge < -0.3 is 59.2 Å². The van der Waals surface area contributed by atoms with Gasteiger partial charge in [-0.2, -0.15) is 0 Å². The Morgan fingerprint density at radius 2 is 0.643 bits per heavy atom. The Hall–Kier alpha value is -3.79. The number of alkyl carbamates (subject to hydrolysis) is 4. The molecule has 4 fully saturated rings. The average Bonchev–Trinajstić information content (AvgIpc) is 3.77. The fraction of sp³-hybridized carbons (Fsp3) is 0.600. The molecule has 0 aromatic heterocycles. The van der Waals surface area contributed by atoms with Crippen molar-refractivity contribution in [3.63, 3.8) is 0 Å². The summed E-state index contributed by atoms with van der Waals surface area (Å²) in [5, 5.41) is 9.08. The SMILES string of the molecule is COC(=O)C1COC(=O)N1.COC(=O)C1COC(=O)N1.COC(=O)C1COC(=O)N1.COC(=O)C1COC(=O)N1.[Rh].[Rh]. The molecule has 4 rings (SSSR count). The van der Waals surface area contributed by atoms with Gasteiger partial charge in [0.2, 0.25) is 0 Å². The van der Waals surface area contributed by atoms with Crippen molar-refractivity contribution in [3.05, 3.63) is 0 Å². The van der Waals surface area contributed by atoms with Crippen molar-refractivity contribution in [1.82, 2.24) is 21.3 Å². The van der Waals surface area contributed by atoms with Crippen LogP contribution in [-0.2, 0) is 96.0 Å². The van der Waals surface area contributed by atoms with Gasteiger partial charge in [0, 0.05) is 39.0 Å². The van der Waals surface area contributed by atoms with Crippen molar-refractivity contribution in [2.75, 3.05) is 54.9 Å². The minimum absolute atomic E-state index is 0. The zero-order chi connectivity index (χ0) is 30.2. The first-order valence-corrected chi connectivity index (χ1v) is 11.0. The third-order valence-electron chi connectivity index (χ3n) is 4.64. The van der Waals surface area contributed by atoms with E-state index in [4.69, 9.17) is 0 Å². The molecule has 4 amide bonds. The van der Waals surface area contributed by atoms with E-state index >= 15 is 0 Å². The second-order valence-corrected chi connectivity index (χ2v) is 7.27. The van der Waals surface area contributed by atoms with Crippen LogP contribution in [0.4, 0.5) is 19.2 Å². The maximum absolute atomic E-state index is 10.6. The van der Waals surface area contributed by atoms with E-state index in [0.29, 0.717) is 0 Å². The molecule has 4 atom stereocenters.